The number of hydrogen-bond acceptors (Lipinski definition) is 5. The van der Waals surface area contributed by atoms with Crippen molar-refractivity contribution < 1.29 is 13.2 Å². The highest BCUT2D eigenvalue weighted by atomic mass is 32.2. The number of nitrogens with one attached hydrogen (secondary N) is 2. The molecule has 1 heterocycles. The summed E-state index contributed by atoms with van der Waals surface area (Å²) in [5, 5.41) is 6.29. The second-order valence-electron chi connectivity index (χ2n) is 6.79. The third kappa shape index (κ3) is 8.94. The number of aliphatic imine (C=N–C) groups is 1. The second kappa shape index (κ2) is 13.1. The Morgan fingerprint density at radius 2 is 1.97 bits per heavy atom. The maximum Gasteiger partial charge on any atom is 0.215 e. The summed E-state index contributed by atoms with van der Waals surface area (Å²) in [5.74, 6) is 2.48. The van der Waals surface area contributed by atoms with Crippen LogP contribution in [0.25, 0.3) is 0 Å². The molecule has 7 nitrogen and oxygen atoms in total. The lowest BCUT2D eigenvalue weighted by molar-refractivity contribution is 0.0652. The minimum atomic E-state index is -3.20. The molecule has 0 aromatic heterocycles. The normalized spacial score (nSPS) is 17.1. The molecule has 1 saturated heterocycles. The van der Waals surface area contributed by atoms with Crippen LogP contribution in [0.3, 0.4) is 0 Å². The molecule has 0 spiro atoms. The van der Waals surface area contributed by atoms with E-state index in [1.54, 1.807) is 16.1 Å². The van der Waals surface area contributed by atoms with Crippen LogP contribution in [0.2, 0.25) is 0 Å². The standard InChI is InChI=1S/C20H34N4O3S2/c1-3-21-20(23-11-17-29(25,26)24-12-15-28-16-13-24)22-10-7-14-27-18(2)19-8-5-4-6-9-19/h4-6,8-9,18H,3,7,10-17H2,1-2H3,(H2,21,22,23). The van der Waals surface area contributed by atoms with Crippen molar-refractivity contribution in [3.05, 3.63) is 35.9 Å². The molecule has 0 bridgehead atoms. The van der Waals surface area contributed by atoms with E-state index in [0.717, 1.165) is 24.5 Å². The number of ether oxygens (including phenoxy) is 1. The molecule has 1 aromatic rings. The van der Waals surface area contributed by atoms with Crippen molar-refractivity contribution in [1.29, 1.82) is 0 Å². The van der Waals surface area contributed by atoms with Crippen LogP contribution >= 0.6 is 11.8 Å². The van der Waals surface area contributed by atoms with Gasteiger partial charge in [0.05, 0.1) is 11.9 Å². The zero-order valence-electron chi connectivity index (χ0n) is 17.5. The Morgan fingerprint density at radius 3 is 2.66 bits per heavy atom. The SMILES string of the molecule is CCNC(=NCCCOC(C)c1ccccc1)NCCS(=O)(=O)N1CCSCC1. The van der Waals surface area contributed by atoms with Crippen molar-refractivity contribution >= 4 is 27.7 Å². The summed E-state index contributed by atoms with van der Waals surface area (Å²) in [6.45, 7) is 7.58. The maximum absolute atomic E-state index is 12.4. The first-order valence-electron chi connectivity index (χ1n) is 10.3. The zero-order valence-corrected chi connectivity index (χ0v) is 19.1. The quantitative estimate of drug-likeness (QED) is 0.310. The van der Waals surface area contributed by atoms with E-state index in [1.165, 1.54) is 5.56 Å². The van der Waals surface area contributed by atoms with Crippen molar-refractivity contribution in [3.63, 3.8) is 0 Å². The van der Waals surface area contributed by atoms with E-state index in [-0.39, 0.29) is 11.9 Å². The van der Waals surface area contributed by atoms with E-state index in [2.05, 4.69) is 27.8 Å². The third-order valence-corrected chi connectivity index (χ3v) is 7.38. The molecular weight excluding hydrogens is 408 g/mol. The van der Waals surface area contributed by atoms with Gasteiger partial charge in [-0.1, -0.05) is 30.3 Å². The average Bonchev–Trinajstić information content (AvgIpc) is 2.74. The number of thioether (sulfide) groups is 1. The fraction of sp³-hybridized carbons (Fsp3) is 0.650. The summed E-state index contributed by atoms with van der Waals surface area (Å²) in [6, 6.07) is 10.1. The largest absolute Gasteiger partial charge is 0.374 e. The number of benzene rings is 1. The van der Waals surface area contributed by atoms with Crippen LogP contribution in [0, 0.1) is 0 Å². The Balaban J connectivity index is 1.69. The Morgan fingerprint density at radius 1 is 1.24 bits per heavy atom. The summed E-state index contributed by atoms with van der Waals surface area (Å²) in [6.07, 6.45) is 0.863. The van der Waals surface area contributed by atoms with Gasteiger partial charge < -0.3 is 15.4 Å². The van der Waals surface area contributed by atoms with Gasteiger partial charge in [0, 0.05) is 50.8 Å². The van der Waals surface area contributed by atoms with Crippen LogP contribution in [0.15, 0.2) is 35.3 Å². The molecule has 1 fully saturated rings. The van der Waals surface area contributed by atoms with Crippen molar-refractivity contribution in [1.82, 2.24) is 14.9 Å². The molecule has 2 rings (SSSR count). The zero-order chi connectivity index (χ0) is 21.0. The summed E-state index contributed by atoms with van der Waals surface area (Å²) in [7, 11) is -3.20. The summed E-state index contributed by atoms with van der Waals surface area (Å²) in [5.41, 5.74) is 1.17. The van der Waals surface area contributed by atoms with Crippen molar-refractivity contribution in [2.24, 2.45) is 4.99 Å². The van der Waals surface area contributed by atoms with E-state index >= 15 is 0 Å². The molecule has 29 heavy (non-hydrogen) atoms. The van der Waals surface area contributed by atoms with Gasteiger partial charge in [-0.15, -0.1) is 0 Å². The number of nitrogens with zero attached hydrogens (tertiary/aromatic N) is 2. The molecule has 1 aromatic carbocycles. The molecule has 2 N–H and O–H groups in total. The second-order valence-corrected chi connectivity index (χ2v) is 10.1. The molecule has 1 aliphatic heterocycles. The number of sulfonamides is 1. The van der Waals surface area contributed by atoms with Gasteiger partial charge in [-0.05, 0) is 25.8 Å². The number of guanidine groups is 1. The fourth-order valence-electron chi connectivity index (χ4n) is 2.93. The summed E-state index contributed by atoms with van der Waals surface area (Å²) in [4.78, 5) is 4.52. The smallest absolute Gasteiger partial charge is 0.215 e. The lowest BCUT2D eigenvalue weighted by Crippen LogP contribution is -2.44. The van der Waals surface area contributed by atoms with Crippen LogP contribution in [0.1, 0.15) is 31.9 Å². The Kier molecular flexibility index (Phi) is 10.8. The van der Waals surface area contributed by atoms with E-state index in [0.29, 0.717) is 38.7 Å². The highest BCUT2D eigenvalue weighted by Crippen LogP contribution is 2.16. The van der Waals surface area contributed by atoms with Gasteiger partial charge in [-0.3, -0.25) is 4.99 Å². The molecule has 0 aliphatic carbocycles. The van der Waals surface area contributed by atoms with E-state index in [9.17, 15) is 8.42 Å². The molecule has 1 unspecified atom stereocenters. The molecule has 1 atom stereocenters. The molecule has 0 saturated carbocycles. The first-order valence-corrected chi connectivity index (χ1v) is 13.0. The Labute approximate surface area is 179 Å². The molecule has 0 radical (unpaired) electrons. The van der Waals surface area contributed by atoms with Gasteiger partial charge >= 0.3 is 0 Å². The van der Waals surface area contributed by atoms with E-state index in [1.807, 2.05) is 32.0 Å². The predicted octanol–water partition coefficient (Wildman–Crippen LogP) is 2.09. The topological polar surface area (TPSA) is 83.0 Å². The van der Waals surface area contributed by atoms with Crippen LogP contribution in [-0.2, 0) is 14.8 Å². The first kappa shape index (κ1) is 24.0. The lowest BCUT2D eigenvalue weighted by atomic mass is 10.1. The van der Waals surface area contributed by atoms with Gasteiger partial charge in [0.1, 0.15) is 0 Å². The summed E-state index contributed by atoms with van der Waals surface area (Å²) >= 11 is 1.80. The van der Waals surface area contributed by atoms with Crippen molar-refractivity contribution in [3.8, 4) is 0 Å². The summed E-state index contributed by atoms with van der Waals surface area (Å²) < 4.78 is 32.3. The van der Waals surface area contributed by atoms with Gasteiger partial charge in [0.15, 0.2) is 5.96 Å². The molecule has 9 heteroatoms. The van der Waals surface area contributed by atoms with E-state index < -0.39 is 10.0 Å². The lowest BCUT2D eigenvalue weighted by Gasteiger charge is -2.25. The van der Waals surface area contributed by atoms with Crippen LogP contribution in [0.5, 0.6) is 0 Å². The molecule has 0 amide bonds. The van der Waals surface area contributed by atoms with Gasteiger partial charge in [-0.2, -0.15) is 11.8 Å². The molecule has 164 valence electrons. The predicted molar refractivity (Wildman–Crippen MR) is 122 cm³/mol. The van der Waals surface area contributed by atoms with Crippen molar-refractivity contribution in [2.45, 2.75) is 26.4 Å². The minimum Gasteiger partial charge on any atom is -0.374 e. The Hall–Kier alpha value is -1.29. The Bertz CT molecular complexity index is 708. The molecular formula is C20H34N4O3S2. The van der Waals surface area contributed by atoms with Crippen LogP contribution in [-0.4, -0.2) is 75.3 Å². The molecule has 1 aliphatic rings. The number of rotatable bonds is 11. The first-order chi connectivity index (χ1) is 14.0. The highest BCUT2D eigenvalue weighted by molar-refractivity contribution is 7.99. The monoisotopic (exact) mass is 442 g/mol. The van der Waals surface area contributed by atoms with Gasteiger partial charge in [-0.25, -0.2) is 12.7 Å². The minimum absolute atomic E-state index is 0.0601. The van der Waals surface area contributed by atoms with Crippen LogP contribution < -0.4 is 10.6 Å². The van der Waals surface area contributed by atoms with Gasteiger partial charge in [0.25, 0.3) is 0 Å². The average molecular weight is 443 g/mol. The number of hydrogen-bond donors (Lipinski definition) is 2. The van der Waals surface area contributed by atoms with E-state index in [4.69, 9.17) is 4.74 Å². The fourth-order valence-corrected chi connectivity index (χ4v) is 5.42. The van der Waals surface area contributed by atoms with Crippen molar-refractivity contribution in [2.75, 3.05) is 56.6 Å². The third-order valence-electron chi connectivity index (χ3n) is 4.57. The van der Waals surface area contributed by atoms with Crippen LogP contribution in [0.4, 0.5) is 0 Å². The maximum atomic E-state index is 12.4. The highest BCUT2D eigenvalue weighted by Gasteiger charge is 2.23. The van der Waals surface area contributed by atoms with Gasteiger partial charge in [0.2, 0.25) is 10.0 Å².